The summed E-state index contributed by atoms with van der Waals surface area (Å²) in [5.74, 6) is 0.788. The minimum absolute atomic E-state index is 0.0648. The monoisotopic (exact) mass is 367 g/mol. The number of hydrogen-bond acceptors (Lipinski definition) is 7. The summed E-state index contributed by atoms with van der Waals surface area (Å²) in [6.07, 6.45) is 7.44. The molecule has 8 nitrogen and oxygen atoms in total. The van der Waals surface area contributed by atoms with Crippen LogP contribution in [0.25, 0.3) is 5.52 Å². The summed E-state index contributed by atoms with van der Waals surface area (Å²) < 4.78 is 1.84. The second-order valence-electron chi connectivity index (χ2n) is 7.15. The van der Waals surface area contributed by atoms with Gasteiger partial charge in [-0.05, 0) is 36.6 Å². The van der Waals surface area contributed by atoms with Crippen LogP contribution >= 0.6 is 0 Å². The number of fused-ring (bicyclic) bond motifs is 1. The molecule has 3 aromatic heterocycles. The van der Waals surface area contributed by atoms with E-state index in [1.807, 2.05) is 29.0 Å². The lowest BCUT2D eigenvalue weighted by Gasteiger charge is -2.33. The number of β-amino-alcohol motifs (C(OH)–C–C–N with tert-alkyl or cyclic N) is 1. The molecule has 1 fully saturated rings. The van der Waals surface area contributed by atoms with E-state index >= 15 is 0 Å². The van der Waals surface area contributed by atoms with Gasteiger partial charge in [-0.1, -0.05) is 6.07 Å². The van der Waals surface area contributed by atoms with E-state index in [4.69, 9.17) is 5.73 Å². The van der Waals surface area contributed by atoms with Gasteiger partial charge >= 0.3 is 0 Å². The second kappa shape index (κ2) is 7.59. The smallest absolute Gasteiger partial charge is 0.154 e. The summed E-state index contributed by atoms with van der Waals surface area (Å²) in [7, 11) is 0. The lowest BCUT2D eigenvalue weighted by atomic mass is 10.0. The first kappa shape index (κ1) is 17.8. The fourth-order valence-electron chi connectivity index (χ4n) is 3.57. The average Bonchev–Trinajstić information content (AvgIpc) is 3.09. The lowest BCUT2D eigenvalue weighted by Crippen LogP contribution is -2.50. The van der Waals surface area contributed by atoms with E-state index in [0.717, 1.165) is 42.0 Å². The van der Waals surface area contributed by atoms with E-state index in [1.54, 1.807) is 12.5 Å². The molecule has 4 N–H and O–H groups in total. The van der Waals surface area contributed by atoms with Crippen molar-refractivity contribution in [3.63, 3.8) is 0 Å². The van der Waals surface area contributed by atoms with E-state index in [0.29, 0.717) is 6.54 Å². The van der Waals surface area contributed by atoms with Crippen LogP contribution in [0.3, 0.4) is 0 Å². The molecule has 0 unspecified atom stereocenters. The normalized spacial score (nSPS) is 22.0. The summed E-state index contributed by atoms with van der Waals surface area (Å²) >= 11 is 0. The average molecular weight is 367 g/mol. The highest BCUT2D eigenvalue weighted by Gasteiger charge is 2.25. The zero-order valence-corrected chi connectivity index (χ0v) is 15.4. The topological polar surface area (TPSA) is 105 Å². The van der Waals surface area contributed by atoms with Crippen molar-refractivity contribution < 1.29 is 5.11 Å². The minimum atomic E-state index is -0.480. The minimum Gasteiger partial charge on any atom is -0.390 e. The summed E-state index contributed by atoms with van der Waals surface area (Å²) in [4.78, 5) is 10.9. The highest BCUT2D eigenvalue weighted by atomic mass is 16.3. The molecule has 0 radical (unpaired) electrons. The molecule has 4 heterocycles. The molecule has 0 saturated carbocycles. The van der Waals surface area contributed by atoms with Gasteiger partial charge in [0, 0.05) is 44.3 Å². The first-order chi connectivity index (χ1) is 13.1. The zero-order valence-electron chi connectivity index (χ0n) is 15.4. The van der Waals surface area contributed by atoms with E-state index in [2.05, 4.69) is 38.3 Å². The van der Waals surface area contributed by atoms with Gasteiger partial charge in [0.2, 0.25) is 0 Å². The molecule has 0 amide bonds. The van der Waals surface area contributed by atoms with Gasteiger partial charge in [0.05, 0.1) is 12.1 Å². The number of nitrogens with zero attached hydrogens (tertiary/aromatic N) is 5. The van der Waals surface area contributed by atoms with Crippen LogP contribution in [0.1, 0.15) is 30.5 Å². The van der Waals surface area contributed by atoms with Crippen molar-refractivity contribution >= 4 is 11.3 Å². The molecule has 4 rings (SSSR count). The van der Waals surface area contributed by atoms with E-state index in [-0.39, 0.29) is 12.1 Å². The number of nitrogens with one attached hydrogen (secondary N) is 1. The number of pyridine rings is 1. The Hall–Kier alpha value is -2.55. The quantitative estimate of drug-likeness (QED) is 0.622. The largest absolute Gasteiger partial charge is 0.390 e. The van der Waals surface area contributed by atoms with Crippen molar-refractivity contribution in [2.45, 2.75) is 38.1 Å². The third-order valence-electron chi connectivity index (χ3n) is 5.19. The van der Waals surface area contributed by atoms with Crippen molar-refractivity contribution in [2.75, 3.05) is 18.4 Å². The van der Waals surface area contributed by atoms with E-state index in [1.165, 1.54) is 0 Å². The number of piperidine rings is 1. The molecule has 3 aromatic rings. The van der Waals surface area contributed by atoms with Gasteiger partial charge in [-0.15, -0.1) is 0 Å². The van der Waals surface area contributed by atoms with Crippen LogP contribution in [0, 0.1) is 0 Å². The summed E-state index contributed by atoms with van der Waals surface area (Å²) in [6, 6.07) is 5.96. The predicted octanol–water partition coefficient (Wildman–Crippen LogP) is 1.19. The number of aromatic nitrogens is 4. The molecule has 1 saturated heterocycles. The summed E-state index contributed by atoms with van der Waals surface area (Å²) in [5, 5.41) is 17.9. The van der Waals surface area contributed by atoms with Gasteiger partial charge in [0.25, 0.3) is 0 Å². The van der Waals surface area contributed by atoms with Crippen LogP contribution in [-0.2, 0) is 6.54 Å². The Bertz CT molecular complexity index is 897. The molecule has 0 bridgehead atoms. The Balaban J connectivity index is 1.58. The van der Waals surface area contributed by atoms with Crippen molar-refractivity contribution in [1.29, 1.82) is 0 Å². The number of anilines is 1. The first-order valence-electron chi connectivity index (χ1n) is 9.25. The molecule has 1 aliphatic rings. The first-order valence-corrected chi connectivity index (χ1v) is 9.25. The third-order valence-corrected chi connectivity index (χ3v) is 5.19. The molecule has 27 heavy (non-hydrogen) atoms. The van der Waals surface area contributed by atoms with Crippen LogP contribution < -0.4 is 11.1 Å². The van der Waals surface area contributed by atoms with Crippen LogP contribution in [0.15, 0.2) is 43.1 Å². The SMILES string of the molecule is C[C@H](Nc1ncnn2ccc(CN3CC[C@@H](N)[C@H](O)C3)c12)c1cccnc1. The van der Waals surface area contributed by atoms with Gasteiger partial charge in [-0.2, -0.15) is 5.10 Å². The molecule has 0 aliphatic carbocycles. The molecule has 0 aromatic carbocycles. The fourth-order valence-corrected chi connectivity index (χ4v) is 3.57. The van der Waals surface area contributed by atoms with Gasteiger partial charge in [0.15, 0.2) is 5.82 Å². The summed E-state index contributed by atoms with van der Waals surface area (Å²) in [6.45, 7) is 4.27. The molecular formula is C19H25N7O. The summed E-state index contributed by atoms with van der Waals surface area (Å²) in [5.41, 5.74) is 9.10. The van der Waals surface area contributed by atoms with Crippen molar-refractivity contribution in [2.24, 2.45) is 5.73 Å². The number of rotatable bonds is 5. The Morgan fingerprint density at radius 2 is 2.30 bits per heavy atom. The Morgan fingerprint density at radius 3 is 3.07 bits per heavy atom. The van der Waals surface area contributed by atoms with Gasteiger partial charge in [-0.25, -0.2) is 9.50 Å². The predicted molar refractivity (Wildman–Crippen MR) is 103 cm³/mol. The molecular weight excluding hydrogens is 342 g/mol. The molecule has 0 spiro atoms. The second-order valence-corrected chi connectivity index (χ2v) is 7.15. The Kier molecular flexibility index (Phi) is 5.02. The van der Waals surface area contributed by atoms with Crippen molar-refractivity contribution in [3.8, 4) is 0 Å². The number of aliphatic hydroxyl groups is 1. The van der Waals surface area contributed by atoms with Crippen LogP contribution in [0.2, 0.25) is 0 Å². The fraction of sp³-hybridized carbons (Fsp3) is 0.421. The molecule has 1 aliphatic heterocycles. The van der Waals surface area contributed by atoms with Gasteiger partial charge in [-0.3, -0.25) is 9.88 Å². The lowest BCUT2D eigenvalue weighted by molar-refractivity contribution is 0.0501. The molecule has 8 heteroatoms. The molecule has 3 atom stereocenters. The molecule has 142 valence electrons. The Labute approximate surface area is 158 Å². The number of aliphatic hydroxyl groups excluding tert-OH is 1. The maximum atomic E-state index is 10.1. The van der Waals surface area contributed by atoms with Gasteiger partial charge < -0.3 is 16.2 Å². The maximum Gasteiger partial charge on any atom is 0.154 e. The van der Waals surface area contributed by atoms with E-state index in [9.17, 15) is 5.11 Å². The van der Waals surface area contributed by atoms with Crippen LogP contribution in [-0.4, -0.2) is 54.8 Å². The number of nitrogens with two attached hydrogens (primary N) is 1. The zero-order chi connectivity index (χ0) is 18.8. The van der Waals surface area contributed by atoms with Gasteiger partial charge in [0.1, 0.15) is 11.8 Å². The van der Waals surface area contributed by atoms with Crippen LogP contribution in [0.5, 0.6) is 0 Å². The standard InChI is InChI=1S/C19H25N7O/c1-13(14-3-2-6-21-9-14)24-19-18-15(4-8-26(18)23-12-22-19)10-25-7-5-16(20)17(27)11-25/h2-4,6,8-9,12-13,16-17,27H,5,7,10-11,20H2,1H3,(H,22,23,24)/t13-,16+,17+/m0/s1. The Morgan fingerprint density at radius 1 is 1.41 bits per heavy atom. The van der Waals surface area contributed by atoms with Crippen molar-refractivity contribution in [1.82, 2.24) is 24.5 Å². The highest BCUT2D eigenvalue weighted by molar-refractivity contribution is 5.72. The number of hydrogen-bond donors (Lipinski definition) is 3. The van der Waals surface area contributed by atoms with Crippen molar-refractivity contribution in [3.05, 3.63) is 54.2 Å². The van der Waals surface area contributed by atoms with Crippen LogP contribution in [0.4, 0.5) is 5.82 Å². The highest BCUT2D eigenvalue weighted by Crippen LogP contribution is 2.25. The third kappa shape index (κ3) is 3.78. The maximum absolute atomic E-state index is 10.1. The number of likely N-dealkylation sites (tertiary alicyclic amines) is 1. The van der Waals surface area contributed by atoms with E-state index < -0.39 is 6.10 Å².